The van der Waals surface area contributed by atoms with Gasteiger partial charge in [-0.2, -0.15) is 0 Å². The molecular weight excluding hydrogens is 508 g/mol. The number of benzene rings is 2. The van der Waals surface area contributed by atoms with E-state index >= 15 is 0 Å². The smallest absolute Gasteiger partial charge is 0.258 e. The summed E-state index contributed by atoms with van der Waals surface area (Å²) in [6.07, 6.45) is -2.42. The van der Waals surface area contributed by atoms with Crippen LogP contribution in [0.25, 0.3) is 0 Å². The van der Waals surface area contributed by atoms with Crippen LogP contribution in [0.4, 0.5) is 0 Å². The molecule has 2 aromatic carbocycles. The van der Waals surface area contributed by atoms with Gasteiger partial charge in [0.15, 0.2) is 6.61 Å². The molecule has 36 heavy (non-hydrogen) atoms. The largest absolute Gasteiger partial charge is 0.484 e. The Balaban J connectivity index is 1.66. The van der Waals surface area contributed by atoms with E-state index in [1.807, 2.05) is 18.2 Å². The minimum atomic E-state index is -1.34. The summed E-state index contributed by atoms with van der Waals surface area (Å²) in [4.78, 5) is 23.4. The lowest BCUT2D eigenvalue weighted by Crippen LogP contribution is -2.54. The van der Waals surface area contributed by atoms with Crippen LogP contribution in [0.1, 0.15) is 36.6 Å². The van der Waals surface area contributed by atoms with E-state index in [4.69, 9.17) is 26.8 Å². The lowest BCUT2D eigenvalue weighted by molar-refractivity contribution is -0.200. The van der Waals surface area contributed by atoms with E-state index in [9.17, 15) is 24.9 Å². The first-order chi connectivity index (χ1) is 16.9. The zero-order valence-electron chi connectivity index (χ0n) is 20.2. The Labute approximate surface area is 218 Å². The summed E-state index contributed by atoms with van der Waals surface area (Å²) in [6, 6.07) is 12.3. The van der Waals surface area contributed by atoms with Crippen molar-refractivity contribution in [1.29, 1.82) is 0 Å². The third-order valence-electron chi connectivity index (χ3n) is 5.96. The number of rotatable bonds is 9. The maximum Gasteiger partial charge on any atom is 0.258 e. The average Bonchev–Trinajstić information content (AvgIpc) is 2.83. The maximum atomic E-state index is 12.0. The molecule has 9 nitrogen and oxygen atoms in total. The van der Waals surface area contributed by atoms with Crippen molar-refractivity contribution in [2.75, 3.05) is 12.9 Å². The molecule has 1 fully saturated rings. The van der Waals surface area contributed by atoms with Crippen molar-refractivity contribution in [3.63, 3.8) is 0 Å². The summed E-state index contributed by atoms with van der Waals surface area (Å²) < 4.78 is 11.3. The molecule has 0 saturated carbocycles. The molecule has 0 aliphatic carbocycles. The zero-order valence-corrected chi connectivity index (χ0v) is 21.8. The summed E-state index contributed by atoms with van der Waals surface area (Å²) in [5.74, 6) is -0.648. The summed E-state index contributed by atoms with van der Waals surface area (Å²) in [5, 5.41) is 33.9. The highest BCUT2D eigenvalue weighted by Gasteiger charge is 2.44. The number of nitrogens with one attached hydrogen (secondary N) is 1. The van der Waals surface area contributed by atoms with E-state index in [-0.39, 0.29) is 6.61 Å². The minimum Gasteiger partial charge on any atom is -0.484 e. The van der Waals surface area contributed by atoms with Gasteiger partial charge in [-0.1, -0.05) is 35.9 Å². The predicted molar refractivity (Wildman–Crippen MR) is 137 cm³/mol. The van der Waals surface area contributed by atoms with E-state index in [0.717, 1.165) is 11.1 Å². The first kappa shape index (κ1) is 28.2. The molecule has 3 rings (SSSR count). The van der Waals surface area contributed by atoms with Crippen molar-refractivity contribution < 1.29 is 34.4 Å². The molecule has 0 spiro atoms. The molecule has 1 saturated heterocycles. The molecular formula is C25H31ClN2O7S. The first-order valence-corrected chi connectivity index (χ1v) is 12.9. The van der Waals surface area contributed by atoms with Crippen LogP contribution in [-0.4, -0.2) is 69.3 Å². The van der Waals surface area contributed by atoms with Gasteiger partial charge < -0.3 is 35.8 Å². The van der Waals surface area contributed by atoms with Gasteiger partial charge in [0, 0.05) is 5.02 Å². The fraction of sp³-hybridized carbons (Fsp3) is 0.440. The van der Waals surface area contributed by atoms with E-state index in [2.05, 4.69) is 5.32 Å². The van der Waals surface area contributed by atoms with Crippen molar-refractivity contribution in [2.45, 2.75) is 55.7 Å². The number of nitrogens with two attached hydrogens (primary N) is 1. The number of amides is 2. The van der Waals surface area contributed by atoms with E-state index < -0.39 is 47.2 Å². The highest BCUT2D eigenvalue weighted by molar-refractivity contribution is 7.99. The summed E-state index contributed by atoms with van der Waals surface area (Å²) >= 11 is 7.67. The van der Waals surface area contributed by atoms with Gasteiger partial charge >= 0.3 is 0 Å². The standard InChI is InChI=1S/C25H31ClN2O7S/c1-25(2,24(27)33)28-18(29)12-34-16-7-4-13(5-8-16)10-15-11-14(6-9-17(15)26)22-20(31)19(30)21(32)23(35-22)36-3/h4-9,11,19-23,30-32H,10,12H2,1-3H3,(H2,27,33)(H,28,29)/t19-,20-,21+,22+,23-/m1/s1. The summed E-state index contributed by atoms with van der Waals surface area (Å²) in [6.45, 7) is 2.75. The summed E-state index contributed by atoms with van der Waals surface area (Å²) in [5.41, 5.74) is 5.74. The zero-order chi connectivity index (χ0) is 26.6. The molecule has 2 amide bonds. The molecule has 6 N–H and O–H groups in total. The number of hydrogen-bond donors (Lipinski definition) is 5. The van der Waals surface area contributed by atoms with Crippen LogP contribution < -0.4 is 15.8 Å². The number of halogens is 1. The van der Waals surface area contributed by atoms with Crippen LogP contribution in [0.5, 0.6) is 5.75 Å². The molecule has 1 aliphatic rings. The number of carbonyl (C=O) groups is 2. The van der Waals surface area contributed by atoms with Crippen LogP contribution in [0.3, 0.4) is 0 Å². The maximum absolute atomic E-state index is 12.0. The second-order valence-electron chi connectivity index (χ2n) is 9.13. The SMILES string of the molecule is CS[C@H]1O[C@@H](c2ccc(Cl)c(Cc3ccc(OCC(=O)NC(C)(C)C(N)=O)cc3)c2)[C@H](O)[C@@H](O)[C@@H]1O. The Morgan fingerprint density at radius 1 is 1.11 bits per heavy atom. The lowest BCUT2D eigenvalue weighted by atomic mass is 9.92. The molecule has 2 aromatic rings. The fourth-order valence-electron chi connectivity index (χ4n) is 3.74. The summed E-state index contributed by atoms with van der Waals surface area (Å²) in [7, 11) is 0. The normalized spacial score (nSPS) is 24.2. The predicted octanol–water partition coefficient (Wildman–Crippen LogP) is 1.53. The van der Waals surface area contributed by atoms with Crippen LogP contribution in [0.2, 0.25) is 5.02 Å². The van der Waals surface area contributed by atoms with Gasteiger partial charge in [-0.05, 0) is 61.4 Å². The second-order valence-corrected chi connectivity index (χ2v) is 10.5. The molecule has 1 aliphatic heterocycles. The number of ether oxygens (including phenoxy) is 2. The van der Waals surface area contributed by atoms with Gasteiger partial charge in [-0.15, -0.1) is 11.8 Å². The van der Waals surface area contributed by atoms with Crippen LogP contribution in [0.15, 0.2) is 42.5 Å². The Kier molecular flexibility index (Phi) is 9.26. The highest BCUT2D eigenvalue weighted by atomic mass is 35.5. The third kappa shape index (κ3) is 6.70. The number of carbonyl (C=O) groups excluding carboxylic acids is 2. The number of aliphatic hydroxyl groups excluding tert-OH is 3. The van der Waals surface area contributed by atoms with Crippen molar-refractivity contribution in [2.24, 2.45) is 5.73 Å². The quantitative estimate of drug-likeness (QED) is 0.322. The minimum absolute atomic E-state index is 0.273. The Bertz CT molecular complexity index is 1080. The highest BCUT2D eigenvalue weighted by Crippen LogP contribution is 2.37. The van der Waals surface area contributed by atoms with E-state index in [1.165, 1.54) is 25.6 Å². The van der Waals surface area contributed by atoms with Crippen molar-refractivity contribution in [3.05, 3.63) is 64.2 Å². The Hall–Kier alpha value is -2.34. The van der Waals surface area contributed by atoms with Gasteiger partial charge in [-0.25, -0.2) is 0 Å². The first-order valence-electron chi connectivity index (χ1n) is 11.3. The molecule has 1 heterocycles. The van der Waals surface area contributed by atoms with Crippen molar-refractivity contribution in [1.82, 2.24) is 5.32 Å². The monoisotopic (exact) mass is 538 g/mol. The average molecular weight is 539 g/mol. The number of thioether (sulfide) groups is 1. The molecule has 196 valence electrons. The number of primary amides is 1. The molecule has 11 heteroatoms. The van der Waals surface area contributed by atoms with Gasteiger partial charge in [0.2, 0.25) is 5.91 Å². The molecule has 0 unspecified atom stereocenters. The Morgan fingerprint density at radius 2 is 1.78 bits per heavy atom. The molecule has 0 radical (unpaired) electrons. The number of aliphatic hydroxyl groups is 3. The topological polar surface area (TPSA) is 151 Å². The number of hydrogen-bond acceptors (Lipinski definition) is 8. The van der Waals surface area contributed by atoms with E-state index in [1.54, 1.807) is 30.5 Å². The van der Waals surface area contributed by atoms with Crippen LogP contribution in [-0.2, 0) is 20.7 Å². The van der Waals surface area contributed by atoms with Gasteiger partial charge in [0.05, 0.1) is 0 Å². The van der Waals surface area contributed by atoms with Gasteiger partial charge in [0.25, 0.3) is 5.91 Å². The van der Waals surface area contributed by atoms with Gasteiger partial charge in [0.1, 0.15) is 41.1 Å². The lowest BCUT2D eigenvalue weighted by Gasteiger charge is -2.40. The van der Waals surface area contributed by atoms with Crippen molar-refractivity contribution in [3.8, 4) is 5.75 Å². The Morgan fingerprint density at radius 3 is 2.39 bits per heavy atom. The van der Waals surface area contributed by atoms with Crippen LogP contribution in [0, 0.1) is 0 Å². The second kappa shape index (κ2) is 11.8. The third-order valence-corrected chi connectivity index (χ3v) is 7.18. The van der Waals surface area contributed by atoms with Crippen molar-refractivity contribution >= 4 is 35.2 Å². The molecule has 0 bridgehead atoms. The van der Waals surface area contributed by atoms with E-state index in [0.29, 0.717) is 22.8 Å². The van der Waals surface area contributed by atoms with Gasteiger partial charge in [-0.3, -0.25) is 9.59 Å². The molecule has 5 atom stereocenters. The van der Waals surface area contributed by atoms with Crippen LogP contribution >= 0.6 is 23.4 Å². The fourth-order valence-corrected chi connectivity index (χ4v) is 4.60. The molecule has 0 aromatic heterocycles.